The molecule has 0 saturated heterocycles. The second-order valence-corrected chi connectivity index (χ2v) is 12.7. The normalized spacial score (nSPS) is 12.8. The Balaban J connectivity index is 2.07. The van der Waals surface area contributed by atoms with Crippen LogP contribution < -0.4 is 9.62 Å². The number of nitrogens with zero attached hydrogens (tertiary/aromatic N) is 2. The van der Waals surface area contributed by atoms with Crippen LogP contribution in [0.4, 0.5) is 5.69 Å². The third-order valence-corrected chi connectivity index (χ3v) is 8.50. The molecular weight excluding hydrogens is 593 g/mol. The van der Waals surface area contributed by atoms with Gasteiger partial charge in [0.25, 0.3) is 0 Å². The number of anilines is 1. The van der Waals surface area contributed by atoms with Gasteiger partial charge < -0.3 is 10.2 Å². The smallest absolute Gasteiger partial charge is 0.244 e. The van der Waals surface area contributed by atoms with Crippen molar-refractivity contribution in [1.29, 1.82) is 0 Å². The summed E-state index contributed by atoms with van der Waals surface area (Å²) < 4.78 is 26.7. The molecule has 3 aromatic carbocycles. The Morgan fingerprint density at radius 1 is 0.900 bits per heavy atom. The van der Waals surface area contributed by atoms with E-state index in [-0.39, 0.29) is 40.6 Å². The molecule has 7 nitrogen and oxygen atoms in total. The van der Waals surface area contributed by atoms with Gasteiger partial charge in [0.2, 0.25) is 21.8 Å². The highest BCUT2D eigenvalue weighted by Crippen LogP contribution is 2.29. The molecule has 2 atom stereocenters. The molecule has 11 heteroatoms. The van der Waals surface area contributed by atoms with Crippen LogP contribution in [0.5, 0.6) is 0 Å². The lowest BCUT2D eigenvalue weighted by atomic mass is 10.0. The lowest BCUT2D eigenvalue weighted by molar-refractivity contribution is -0.140. The van der Waals surface area contributed by atoms with Gasteiger partial charge in [-0.15, -0.1) is 0 Å². The summed E-state index contributed by atoms with van der Waals surface area (Å²) in [6.07, 6.45) is 1.92. The van der Waals surface area contributed by atoms with E-state index in [4.69, 9.17) is 34.8 Å². The van der Waals surface area contributed by atoms with Gasteiger partial charge in [-0.3, -0.25) is 13.9 Å². The Morgan fingerprint density at radius 2 is 1.57 bits per heavy atom. The standard InChI is InChI=1S/C29H32Cl3N3O4S/c1-4-20(2)33-29(37)27(16-21-9-6-5-7-10-21)34(18-22-11-8-12-23(30)15-22)28(36)19-35(40(3,38)39)24-13-14-25(31)26(32)17-24/h5-15,17,20,27H,4,16,18-19H2,1-3H3,(H,33,37). The highest BCUT2D eigenvalue weighted by Gasteiger charge is 2.33. The summed E-state index contributed by atoms with van der Waals surface area (Å²) in [5.41, 5.74) is 1.72. The van der Waals surface area contributed by atoms with Crippen LogP contribution in [0, 0.1) is 0 Å². The zero-order valence-electron chi connectivity index (χ0n) is 22.5. The Bertz CT molecular complexity index is 1440. The van der Waals surface area contributed by atoms with Crippen molar-refractivity contribution in [1.82, 2.24) is 10.2 Å². The quantitative estimate of drug-likeness (QED) is 0.269. The number of carbonyl (C=O) groups excluding carboxylic acids is 2. The molecule has 0 aromatic heterocycles. The summed E-state index contributed by atoms with van der Waals surface area (Å²) in [4.78, 5) is 29.1. The molecule has 1 N–H and O–H groups in total. The number of halogens is 3. The van der Waals surface area contributed by atoms with Crippen molar-refractivity contribution in [2.24, 2.45) is 0 Å². The molecule has 3 aromatic rings. The van der Waals surface area contributed by atoms with Crippen molar-refractivity contribution >= 4 is 62.3 Å². The van der Waals surface area contributed by atoms with Crippen LogP contribution in [0.25, 0.3) is 0 Å². The van der Waals surface area contributed by atoms with Gasteiger partial charge >= 0.3 is 0 Å². The van der Waals surface area contributed by atoms with Crippen LogP contribution in [-0.4, -0.2) is 50.0 Å². The first kappa shape index (κ1) is 31.7. The summed E-state index contributed by atoms with van der Waals surface area (Å²) in [5, 5.41) is 3.85. The Morgan fingerprint density at radius 3 is 2.17 bits per heavy atom. The van der Waals surface area contributed by atoms with E-state index in [9.17, 15) is 18.0 Å². The lowest BCUT2D eigenvalue weighted by Crippen LogP contribution is -2.54. The van der Waals surface area contributed by atoms with Gasteiger partial charge in [-0.1, -0.05) is 84.2 Å². The molecule has 0 saturated carbocycles. The second kappa shape index (κ2) is 14.2. The number of sulfonamides is 1. The SMILES string of the molecule is CCC(C)NC(=O)C(Cc1ccccc1)N(Cc1cccc(Cl)c1)C(=O)CN(c1ccc(Cl)c(Cl)c1)S(C)(=O)=O. The van der Waals surface area contributed by atoms with Gasteiger partial charge in [0, 0.05) is 24.0 Å². The number of hydrogen-bond donors (Lipinski definition) is 1. The molecule has 0 spiro atoms. The minimum Gasteiger partial charge on any atom is -0.352 e. The highest BCUT2D eigenvalue weighted by molar-refractivity contribution is 7.92. The van der Waals surface area contributed by atoms with Crippen LogP contribution in [0.15, 0.2) is 72.8 Å². The molecule has 0 bridgehead atoms. The van der Waals surface area contributed by atoms with Gasteiger partial charge in [-0.25, -0.2) is 8.42 Å². The third-order valence-electron chi connectivity index (χ3n) is 6.38. The van der Waals surface area contributed by atoms with Crippen LogP contribution in [0.1, 0.15) is 31.4 Å². The Hall–Kier alpha value is -2.78. The first-order valence-electron chi connectivity index (χ1n) is 12.7. The van der Waals surface area contributed by atoms with Crippen LogP contribution in [0.3, 0.4) is 0 Å². The molecule has 214 valence electrons. The maximum absolute atomic E-state index is 14.1. The first-order valence-corrected chi connectivity index (χ1v) is 15.7. The van der Waals surface area contributed by atoms with E-state index in [2.05, 4.69) is 5.32 Å². The monoisotopic (exact) mass is 623 g/mol. The number of hydrogen-bond acceptors (Lipinski definition) is 4. The zero-order valence-corrected chi connectivity index (χ0v) is 25.6. The highest BCUT2D eigenvalue weighted by atomic mass is 35.5. The molecule has 0 aliphatic carbocycles. The van der Waals surface area contributed by atoms with E-state index in [1.54, 1.807) is 24.3 Å². The molecule has 0 fully saturated rings. The molecule has 40 heavy (non-hydrogen) atoms. The summed E-state index contributed by atoms with van der Waals surface area (Å²) in [6, 6.07) is 19.6. The maximum atomic E-state index is 14.1. The van der Waals surface area contributed by atoms with E-state index in [1.807, 2.05) is 44.2 Å². The van der Waals surface area contributed by atoms with Gasteiger partial charge in [0.15, 0.2) is 0 Å². The van der Waals surface area contributed by atoms with Crippen molar-refractivity contribution in [3.63, 3.8) is 0 Å². The molecule has 0 radical (unpaired) electrons. The number of nitrogens with one attached hydrogen (secondary N) is 1. The van der Waals surface area contributed by atoms with E-state index in [0.717, 1.165) is 16.1 Å². The molecule has 2 unspecified atom stereocenters. The van der Waals surface area contributed by atoms with Gasteiger partial charge in [0.05, 0.1) is 22.0 Å². The first-order chi connectivity index (χ1) is 18.9. The molecule has 0 aliphatic heterocycles. The molecule has 0 heterocycles. The topological polar surface area (TPSA) is 86.8 Å². The van der Waals surface area contributed by atoms with Gasteiger partial charge in [0.1, 0.15) is 12.6 Å². The van der Waals surface area contributed by atoms with Crippen molar-refractivity contribution < 1.29 is 18.0 Å². The maximum Gasteiger partial charge on any atom is 0.244 e. The van der Waals surface area contributed by atoms with E-state index < -0.39 is 28.5 Å². The predicted octanol–water partition coefficient (Wildman–Crippen LogP) is 5.97. The summed E-state index contributed by atoms with van der Waals surface area (Å²) >= 11 is 18.4. The molecule has 3 rings (SSSR count). The van der Waals surface area contributed by atoms with Crippen LogP contribution >= 0.6 is 34.8 Å². The summed E-state index contributed by atoms with van der Waals surface area (Å²) in [5.74, 6) is -0.911. The lowest BCUT2D eigenvalue weighted by Gasteiger charge is -2.34. The summed E-state index contributed by atoms with van der Waals surface area (Å²) in [6.45, 7) is 3.31. The Kier molecular flexibility index (Phi) is 11.3. The fourth-order valence-electron chi connectivity index (χ4n) is 4.08. The number of benzene rings is 3. The van der Waals surface area contributed by atoms with Crippen LogP contribution in [-0.2, 0) is 32.6 Å². The minimum atomic E-state index is -3.92. The molecule has 0 aliphatic rings. The molecule has 2 amide bonds. The second-order valence-electron chi connectivity index (χ2n) is 9.54. The van der Waals surface area contributed by atoms with Gasteiger partial charge in [-0.2, -0.15) is 0 Å². The Labute approximate surface area is 251 Å². The van der Waals surface area contributed by atoms with Crippen molar-refractivity contribution in [2.45, 2.75) is 45.3 Å². The van der Waals surface area contributed by atoms with E-state index in [1.165, 1.54) is 23.1 Å². The van der Waals surface area contributed by atoms with E-state index in [0.29, 0.717) is 17.0 Å². The number of amides is 2. The third kappa shape index (κ3) is 8.86. The molecular formula is C29H32Cl3N3O4S. The van der Waals surface area contributed by atoms with Crippen LogP contribution in [0.2, 0.25) is 15.1 Å². The fourth-order valence-corrected chi connectivity index (χ4v) is 5.43. The number of carbonyl (C=O) groups is 2. The summed E-state index contributed by atoms with van der Waals surface area (Å²) in [7, 11) is -3.92. The predicted molar refractivity (Wildman–Crippen MR) is 162 cm³/mol. The van der Waals surface area contributed by atoms with E-state index >= 15 is 0 Å². The average Bonchev–Trinajstić information content (AvgIpc) is 2.90. The largest absolute Gasteiger partial charge is 0.352 e. The average molecular weight is 625 g/mol. The van der Waals surface area contributed by atoms with Crippen molar-refractivity contribution in [2.75, 3.05) is 17.1 Å². The van der Waals surface area contributed by atoms with Crippen molar-refractivity contribution in [3.05, 3.63) is 99.0 Å². The number of rotatable bonds is 12. The van der Waals surface area contributed by atoms with Crippen molar-refractivity contribution in [3.8, 4) is 0 Å². The zero-order chi connectivity index (χ0) is 29.4. The fraction of sp³-hybridized carbons (Fsp3) is 0.310. The van der Waals surface area contributed by atoms with Gasteiger partial charge in [-0.05, 0) is 54.8 Å². The minimum absolute atomic E-state index is 0.0315.